The molecule has 1 rings (SSSR count). The maximum Gasteiger partial charge on any atom is 0.191 e. The average Bonchev–Trinajstić information content (AvgIpc) is 2.60. The third kappa shape index (κ3) is 7.28. The van der Waals surface area contributed by atoms with Crippen molar-refractivity contribution in [2.45, 2.75) is 58.9 Å². The zero-order chi connectivity index (χ0) is 20.7. The van der Waals surface area contributed by atoms with Gasteiger partial charge in [-0.2, -0.15) is 0 Å². The van der Waals surface area contributed by atoms with E-state index in [0.717, 1.165) is 5.56 Å². The van der Waals surface area contributed by atoms with Crippen molar-refractivity contribution in [2.75, 3.05) is 27.4 Å². The van der Waals surface area contributed by atoms with Crippen LogP contribution < -0.4 is 9.47 Å². The summed E-state index contributed by atoms with van der Waals surface area (Å²) in [6, 6.07) is 5.67. The Labute approximate surface area is 165 Å². The highest BCUT2D eigenvalue weighted by atomic mass is 28.4. The summed E-state index contributed by atoms with van der Waals surface area (Å²) in [5.74, 6) is 1.39. The van der Waals surface area contributed by atoms with Crippen molar-refractivity contribution < 1.29 is 23.4 Å². The Hall–Kier alpha value is -1.37. The average molecular weight is 397 g/mol. The van der Waals surface area contributed by atoms with Crippen LogP contribution in [0.15, 0.2) is 18.2 Å². The highest BCUT2D eigenvalue weighted by Crippen LogP contribution is 2.36. The summed E-state index contributed by atoms with van der Waals surface area (Å²) in [4.78, 5) is 12.3. The van der Waals surface area contributed by atoms with Crippen molar-refractivity contribution in [3.63, 3.8) is 0 Å². The summed E-state index contributed by atoms with van der Waals surface area (Å²) in [5, 5.41) is 0.157. The molecule has 0 N–H and O–H groups in total. The number of Topliss-reactive ketones (excluding diaryl/α,β-unsaturated/α-hetero) is 1. The molecule has 0 saturated carbocycles. The molecule has 0 aromatic heterocycles. The van der Waals surface area contributed by atoms with Gasteiger partial charge in [0.05, 0.1) is 27.4 Å². The van der Waals surface area contributed by atoms with Crippen molar-refractivity contribution in [2.24, 2.45) is 5.92 Å². The van der Waals surface area contributed by atoms with Crippen LogP contribution in [0.25, 0.3) is 0 Å². The number of benzene rings is 1. The van der Waals surface area contributed by atoms with Crippen LogP contribution in [0.1, 0.15) is 39.7 Å². The Morgan fingerprint density at radius 1 is 1.11 bits per heavy atom. The number of carbonyl (C=O) groups is 1. The second-order valence-electron chi connectivity index (χ2n) is 8.43. The lowest BCUT2D eigenvalue weighted by Gasteiger charge is -2.36. The summed E-state index contributed by atoms with van der Waals surface area (Å²) in [5.41, 5.74) is 0.980. The van der Waals surface area contributed by atoms with E-state index in [0.29, 0.717) is 37.7 Å². The van der Waals surface area contributed by atoms with E-state index in [9.17, 15) is 4.79 Å². The standard InChI is InChI=1S/C21H36O5Si/c1-16(18(22)11-12-26-27(7,8)21(2,3)4)14-25-15-17-9-10-19(23-5)20(13-17)24-6/h9-10,13,16H,11-12,14-15H2,1-8H3/t16-/m1/s1. The van der Waals surface area contributed by atoms with Gasteiger partial charge in [0, 0.05) is 18.9 Å². The summed E-state index contributed by atoms with van der Waals surface area (Å²) in [6.45, 7) is 14.2. The molecule has 5 nitrogen and oxygen atoms in total. The molecule has 0 unspecified atom stereocenters. The topological polar surface area (TPSA) is 54.0 Å². The number of hydrogen-bond acceptors (Lipinski definition) is 5. The van der Waals surface area contributed by atoms with Gasteiger partial charge in [0.25, 0.3) is 0 Å². The van der Waals surface area contributed by atoms with Gasteiger partial charge in [-0.15, -0.1) is 0 Å². The van der Waals surface area contributed by atoms with E-state index in [4.69, 9.17) is 18.6 Å². The largest absolute Gasteiger partial charge is 0.493 e. The molecule has 154 valence electrons. The molecule has 0 fully saturated rings. The number of ether oxygens (including phenoxy) is 3. The lowest BCUT2D eigenvalue weighted by molar-refractivity contribution is -0.124. The fourth-order valence-electron chi connectivity index (χ4n) is 2.29. The van der Waals surface area contributed by atoms with E-state index in [1.54, 1.807) is 14.2 Å². The van der Waals surface area contributed by atoms with Crippen LogP contribution in [0.5, 0.6) is 11.5 Å². The molecule has 0 amide bonds. The second-order valence-corrected chi connectivity index (χ2v) is 13.2. The van der Waals surface area contributed by atoms with Crippen molar-refractivity contribution in [3.05, 3.63) is 23.8 Å². The molecule has 0 aliphatic heterocycles. The quantitative estimate of drug-likeness (QED) is 0.501. The molecule has 27 heavy (non-hydrogen) atoms. The number of rotatable bonds is 11. The lowest BCUT2D eigenvalue weighted by atomic mass is 10.1. The molecule has 0 aliphatic carbocycles. The van der Waals surface area contributed by atoms with Crippen LogP contribution in [-0.2, 0) is 20.6 Å². The first-order valence-electron chi connectivity index (χ1n) is 9.47. The van der Waals surface area contributed by atoms with Gasteiger partial charge in [-0.05, 0) is 35.8 Å². The molecule has 0 saturated heterocycles. The van der Waals surface area contributed by atoms with Crippen LogP contribution >= 0.6 is 0 Å². The van der Waals surface area contributed by atoms with Crippen LogP contribution in [0.4, 0.5) is 0 Å². The van der Waals surface area contributed by atoms with Crippen LogP contribution in [0.2, 0.25) is 18.1 Å². The van der Waals surface area contributed by atoms with Crippen LogP contribution in [0.3, 0.4) is 0 Å². The third-order valence-electron chi connectivity index (χ3n) is 5.25. The van der Waals surface area contributed by atoms with E-state index >= 15 is 0 Å². The smallest absolute Gasteiger partial charge is 0.191 e. The molecule has 6 heteroatoms. The van der Waals surface area contributed by atoms with Crippen molar-refractivity contribution in [1.29, 1.82) is 0 Å². The zero-order valence-electron chi connectivity index (χ0n) is 18.2. The maximum absolute atomic E-state index is 12.3. The van der Waals surface area contributed by atoms with Gasteiger partial charge < -0.3 is 18.6 Å². The van der Waals surface area contributed by atoms with Crippen molar-refractivity contribution >= 4 is 14.1 Å². The Morgan fingerprint density at radius 2 is 1.74 bits per heavy atom. The number of methoxy groups -OCH3 is 2. The molecule has 0 bridgehead atoms. The molecule has 0 aliphatic rings. The Morgan fingerprint density at radius 3 is 2.30 bits per heavy atom. The summed E-state index contributed by atoms with van der Waals surface area (Å²) >= 11 is 0. The molecule has 0 radical (unpaired) electrons. The SMILES string of the molecule is COc1ccc(COC[C@@H](C)C(=O)CCO[Si](C)(C)C(C)(C)C)cc1OC. The van der Waals surface area contributed by atoms with E-state index in [-0.39, 0.29) is 16.7 Å². The minimum atomic E-state index is -1.80. The highest BCUT2D eigenvalue weighted by Gasteiger charge is 2.37. The Bertz CT molecular complexity index is 607. The van der Waals surface area contributed by atoms with E-state index < -0.39 is 8.32 Å². The second kappa shape index (κ2) is 10.2. The predicted octanol–water partition coefficient (Wildman–Crippen LogP) is 4.84. The molecular formula is C21H36O5Si. The fourth-order valence-corrected chi connectivity index (χ4v) is 3.33. The van der Waals surface area contributed by atoms with Gasteiger partial charge in [-0.25, -0.2) is 0 Å². The molecular weight excluding hydrogens is 360 g/mol. The lowest BCUT2D eigenvalue weighted by Crippen LogP contribution is -2.41. The first kappa shape index (κ1) is 23.7. The zero-order valence-corrected chi connectivity index (χ0v) is 19.2. The third-order valence-corrected chi connectivity index (χ3v) is 9.79. The van der Waals surface area contributed by atoms with Crippen molar-refractivity contribution in [1.82, 2.24) is 0 Å². The Balaban J connectivity index is 2.40. The predicted molar refractivity (Wildman–Crippen MR) is 111 cm³/mol. The first-order valence-corrected chi connectivity index (χ1v) is 12.4. The molecule has 0 spiro atoms. The summed E-state index contributed by atoms with van der Waals surface area (Å²) in [6.07, 6.45) is 0.438. The van der Waals surface area contributed by atoms with Gasteiger partial charge in [0.15, 0.2) is 19.8 Å². The fraction of sp³-hybridized carbons (Fsp3) is 0.667. The number of hydrogen-bond donors (Lipinski definition) is 0. The first-order chi connectivity index (χ1) is 12.5. The van der Waals surface area contributed by atoms with Gasteiger partial charge in [-0.1, -0.05) is 33.8 Å². The van der Waals surface area contributed by atoms with Crippen molar-refractivity contribution in [3.8, 4) is 11.5 Å². The number of carbonyl (C=O) groups excluding carboxylic acids is 1. The summed E-state index contributed by atoms with van der Waals surface area (Å²) < 4.78 is 22.3. The van der Waals surface area contributed by atoms with E-state index in [1.165, 1.54) is 0 Å². The molecule has 1 aromatic rings. The van der Waals surface area contributed by atoms with Crippen LogP contribution in [-0.4, -0.2) is 41.5 Å². The molecule has 1 atom stereocenters. The molecule has 0 heterocycles. The monoisotopic (exact) mass is 396 g/mol. The van der Waals surface area contributed by atoms with Gasteiger partial charge >= 0.3 is 0 Å². The molecule has 1 aromatic carbocycles. The highest BCUT2D eigenvalue weighted by molar-refractivity contribution is 6.74. The minimum absolute atomic E-state index is 0.145. The van der Waals surface area contributed by atoms with Gasteiger partial charge in [0.1, 0.15) is 5.78 Å². The normalized spacial score (nSPS) is 13.3. The number of ketones is 1. The van der Waals surface area contributed by atoms with Gasteiger partial charge in [0.2, 0.25) is 0 Å². The van der Waals surface area contributed by atoms with E-state index in [2.05, 4.69) is 33.9 Å². The van der Waals surface area contributed by atoms with E-state index in [1.807, 2.05) is 25.1 Å². The minimum Gasteiger partial charge on any atom is -0.493 e. The summed E-state index contributed by atoms with van der Waals surface area (Å²) in [7, 11) is 1.41. The maximum atomic E-state index is 12.3. The Kier molecular flexibility index (Phi) is 8.98. The van der Waals surface area contributed by atoms with Crippen LogP contribution in [0, 0.1) is 5.92 Å². The van der Waals surface area contributed by atoms with Gasteiger partial charge in [-0.3, -0.25) is 4.79 Å².